The van der Waals surface area contributed by atoms with Gasteiger partial charge in [0.1, 0.15) is 0 Å². The first-order chi connectivity index (χ1) is 12.6. The molecule has 0 saturated carbocycles. The van der Waals surface area contributed by atoms with E-state index in [9.17, 15) is 0 Å². The van der Waals surface area contributed by atoms with Gasteiger partial charge in [-0.1, -0.05) is 140 Å². The van der Waals surface area contributed by atoms with Crippen molar-refractivity contribution in [2.75, 3.05) is 14.2 Å². The van der Waals surface area contributed by atoms with Gasteiger partial charge in [0.05, 0.1) is 0 Å². The standard InChI is InChI=1S/2C8H18.C5H12O2.C5H12.C2H4.4CH4/c2*1-7(2,3)8(4,5)6;1-5(2,6-3)7-4;1-5(2,3)4;1-2;;;;/h2*1-6H3;1-4H3;1-4H3;1-2H2;4*1H4. The maximum absolute atomic E-state index is 4.86. The highest BCUT2D eigenvalue weighted by molar-refractivity contribution is 4.77. The molecule has 0 aromatic heterocycles. The van der Waals surface area contributed by atoms with Crippen LogP contribution in [0.5, 0.6) is 0 Å². The Morgan fingerprint density at radius 3 is 0.441 bits per heavy atom. The lowest BCUT2D eigenvalue weighted by Crippen LogP contribution is -2.25. The summed E-state index contributed by atoms with van der Waals surface area (Å²) in [5.74, 6) is -0.417. The average Bonchev–Trinajstić information content (AvgIpc) is 2.45. The molecule has 0 amide bonds. The smallest absolute Gasteiger partial charge is 0.161 e. The maximum atomic E-state index is 4.86. The number of methoxy groups -OCH3 is 2. The second kappa shape index (κ2) is 23.1. The van der Waals surface area contributed by atoms with Gasteiger partial charge in [-0.2, -0.15) is 0 Å². The zero-order chi connectivity index (χ0) is 26.4. The third kappa shape index (κ3) is 53.2. The van der Waals surface area contributed by atoms with Crippen molar-refractivity contribution in [2.45, 2.75) is 160 Å². The highest BCUT2D eigenvalue weighted by atomic mass is 16.7. The van der Waals surface area contributed by atoms with Gasteiger partial charge in [0.2, 0.25) is 0 Å². The van der Waals surface area contributed by atoms with Gasteiger partial charge in [0.25, 0.3) is 0 Å². The summed E-state index contributed by atoms with van der Waals surface area (Å²) in [5.41, 5.74) is 2.25. The number of ether oxygens (including phenoxy) is 2. The van der Waals surface area contributed by atoms with Crippen molar-refractivity contribution in [3.05, 3.63) is 13.2 Å². The lowest BCUT2D eigenvalue weighted by atomic mass is 9.71. The van der Waals surface area contributed by atoms with Crippen molar-refractivity contribution in [3.63, 3.8) is 0 Å². The third-order valence-corrected chi connectivity index (χ3v) is 5.48. The second-order valence-corrected chi connectivity index (χ2v) is 13.8. The number of hydrogen-bond acceptors (Lipinski definition) is 2. The molecule has 0 fully saturated rings. The Balaban J connectivity index is -0.0000000332. The molecule has 220 valence electrons. The maximum Gasteiger partial charge on any atom is 0.161 e. The fraction of sp³-hybridized carbons (Fsp3) is 0.938. The third-order valence-electron chi connectivity index (χ3n) is 5.48. The van der Waals surface area contributed by atoms with E-state index in [1.54, 1.807) is 14.2 Å². The van der Waals surface area contributed by atoms with Gasteiger partial charge in [-0.15, -0.1) is 13.2 Å². The molecule has 0 rings (SSSR count). The van der Waals surface area contributed by atoms with E-state index in [4.69, 9.17) is 9.47 Å². The molecule has 0 saturated heterocycles. The van der Waals surface area contributed by atoms with Crippen LogP contribution >= 0.6 is 0 Å². The molecule has 0 atom stereocenters. The van der Waals surface area contributed by atoms with Crippen LogP contribution in [0, 0.1) is 27.1 Å². The number of rotatable bonds is 2. The molecular formula is C32H80O2. The van der Waals surface area contributed by atoms with E-state index < -0.39 is 5.79 Å². The van der Waals surface area contributed by atoms with Crippen LogP contribution in [0.4, 0.5) is 0 Å². The molecule has 0 heterocycles. The highest BCUT2D eigenvalue weighted by Gasteiger charge is 2.27. The largest absolute Gasteiger partial charge is 0.354 e. The van der Waals surface area contributed by atoms with Crippen LogP contribution in [-0.4, -0.2) is 20.0 Å². The summed E-state index contributed by atoms with van der Waals surface area (Å²) < 4.78 is 9.73. The van der Waals surface area contributed by atoms with Crippen molar-refractivity contribution in [1.82, 2.24) is 0 Å². The SMILES string of the molecule is C.C.C.C.C=C.CC(C)(C)C.CC(C)(C)C(C)(C)C.CC(C)(C)C(C)(C)C.COC(C)(C)OC. The first-order valence-corrected chi connectivity index (χ1v) is 11.2. The molecule has 0 unspecified atom stereocenters. The summed E-state index contributed by atoms with van der Waals surface area (Å²) in [5, 5.41) is 0. The molecule has 34 heavy (non-hydrogen) atoms. The quantitative estimate of drug-likeness (QED) is 0.279. The Labute approximate surface area is 224 Å². The summed E-state index contributed by atoms with van der Waals surface area (Å²) >= 11 is 0. The van der Waals surface area contributed by atoms with Gasteiger partial charge >= 0.3 is 0 Å². The zero-order valence-corrected chi connectivity index (χ0v) is 25.2. The molecule has 0 bridgehead atoms. The summed E-state index contributed by atoms with van der Waals surface area (Å²) in [6.07, 6.45) is 0. The summed E-state index contributed by atoms with van der Waals surface area (Å²) in [7, 11) is 3.23. The van der Waals surface area contributed by atoms with Gasteiger partial charge in [-0.05, 0) is 40.9 Å². The molecule has 0 aliphatic heterocycles. The Kier molecular flexibility index (Phi) is 40.1. The van der Waals surface area contributed by atoms with Gasteiger partial charge < -0.3 is 9.47 Å². The van der Waals surface area contributed by atoms with E-state index in [-0.39, 0.29) is 29.7 Å². The first-order valence-electron chi connectivity index (χ1n) is 11.2. The van der Waals surface area contributed by atoms with Crippen molar-refractivity contribution in [1.29, 1.82) is 0 Å². The second-order valence-electron chi connectivity index (χ2n) is 13.8. The fourth-order valence-corrected chi connectivity index (χ4v) is 0.0833. The van der Waals surface area contributed by atoms with Crippen molar-refractivity contribution < 1.29 is 9.47 Å². The topological polar surface area (TPSA) is 18.5 Å². The Hall–Kier alpha value is -0.340. The zero-order valence-electron chi connectivity index (χ0n) is 25.2. The fourth-order valence-electron chi connectivity index (χ4n) is 0.0833. The van der Waals surface area contributed by atoms with Crippen molar-refractivity contribution in [2.24, 2.45) is 27.1 Å². The minimum absolute atomic E-state index is 0. The molecular weight excluding hydrogens is 416 g/mol. The van der Waals surface area contributed by atoms with Crippen LogP contribution in [0.3, 0.4) is 0 Å². The normalized spacial score (nSPS) is 11.1. The molecule has 0 aliphatic carbocycles. The number of hydrogen-bond donors (Lipinski definition) is 0. The molecule has 0 aliphatic rings. The summed E-state index contributed by atoms with van der Waals surface area (Å²) in [6.45, 7) is 45.7. The molecule has 2 nitrogen and oxygen atoms in total. The Morgan fingerprint density at radius 1 is 0.353 bits per heavy atom. The average molecular weight is 497 g/mol. The minimum Gasteiger partial charge on any atom is -0.354 e. The Morgan fingerprint density at radius 2 is 0.441 bits per heavy atom. The molecule has 0 aromatic rings. The van der Waals surface area contributed by atoms with Crippen LogP contribution in [-0.2, 0) is 9.47 Å². The van der Waals surface area contributed by atoms with Crippen LogP contribution in [0.2, 0.25) is 0 Å². The predicted octanol–water partition coefficient (Wildman–Crippen LogP) is 12.6. The molecule has 0 spiro atoms. The van der Waals surface area contributed by atoms with Gasteiger partial charge in [-0.3, -0.25) is 0 Å². The molecule has 0 aromatic carbocycles. The van der Waals surface area contributed by atoms with E-state index in [2.05, 4.69) is 124 Å². The molecule has 0 radical (unpaired) electrons. The van der Waals surface area contributed by atoms with Crippen LogP contribution in [0.25, 0.3) is 0 Å². The lowest BCUT2D eigenvalue weighted by Gasteiger charge is -2.34. The van der Waals surface area contributed by atoms with Gasteiger partial charge in [-0.25, -0.2) is 0 Å². The molecule has 0 N–H and O–H groups in total. The van der Waals surface area contributed by atoms with Crippen molar-refractivity contribution >= 4 is 0 Å². The van der Waals surface area contributed by atoms with E-state index in [0.29, 0.717) is 27.1 Å². The van der Waals surface area contributed by atoms with Gasteiger partial charge in [0.15, 0.2) is 5.79 Å². The highest BCUT2D eigenvalue weighted by Crippen LogP contribution is 2.37. The lowest BCUT2D eigenvalue weighted by molar-refractivity contribution is -0.178. The van der Waals surface area contributed by atoms with Crippen LogP contribution in [0.1, 0.15) is 154 Å². The van der Waals surface area contributed by atoms with Crippen LogP contribution < -0.4 is 0 Å². The molecule has 2 heteroatoms. The summed E-state index contributed by atoms with van der Waals surface area (Å²) in [4.78, 5) is 0. The van der Waals surface area contributed by atoms with E-state index >= 15 is 0 Å². The predicted molar refractivity (Wildman–Crippen MR) is 169 cm³/mol. The summed E-state index contributed by atoms with van der Waals surface area (Å²) in [6, 6.07) is 0. The van der Waals surface area contributed by atoms with Crippen molar-refractivity contribution in [3.8, 4) is 0 Å². The van der Waals surface area contributed by atoms with Gasteiger partial charge in [0, 0.05) is 14.2 Å². The van der Waals surface area contributed by atoms with Crippen LogP contribution in [0.15, 0.2) is 13.2 Å². The minimum atomic E-state index is -0.417. The van der Waals surface area contributed by atoms with E-state index in [0.717, 1.165) is 0 Å². The first kappa shape index (κ1) is 59.0. The van der Waals surface area contributed by atoms with E-state index in [1.807, 2.05) is 13.8 Å². The van der Waals surface area contributed by atoms with E-state index in [1.165, 1.54) is 0 Å². The Bertz CT molecular complexity index is 312. The monoisotopic (exact) mass is 497 g/mol.